The van der Waals surface area contributed by atoms with Crippen LogP contribution in [0.1, 0.15) is 82.3 Å². The molecule has 0 saturated carbocycles. The minimum absolute atomic E-state index is 1.21. The van der Waals surface area contributed by atoms with Gasteiger partial charge in [0.25, 0.3) is 0 Å². The smallest absolute Gasteiger partial charge is 0.0150 e. The molecule has 146 valence electrons. The molecule has 0 N–H and O–H groups in total. The van der Waals surface area contributed by atoms with Gasteiger partial charge in [0.05, 0.1) is 0 Å². The first-order chi connectivity index (χ1) is 13.4. The van der Waals surface area contributed by atoms with Crippen molar-refractivity contribution in [3.05, 3.63) is 71.8 Å². The third kappa shape index (κ3) is 9.86. The van der Waals surface area contributed by atoms with Crippen LogP contribution in [-0.4, -0.2) is 5.75 Å². The van der Waals surface area contributed by atoms with Gasteiger partial charge in [-0.25, -0.2) is 0 Å². The van der Waals surface area contributed by atoms with E-state index >= 15 is 0 Å². The van der Waals surface area contributed by atoms with E-state index in [1.807, 2.05) is 11.8 Å². The molecule has 0 aliphatic carbocycles. The summed E-state index contributed by atoms with van der Waals surface area (Å²) in [5.74, 6) is 1.21. The molecule has 0 heterocycles. The summed E-state index contributed by atoms with van der Waals surface area (Å²) in [4.78, 5) is 1.39. The minimum atomic E-state index is 1.21. The summed E-state index contributed by atoms with van der Waals surface area (Å²) >= 11 is 2.01. The van der Waals surface area contributed by atoms with Gasteiger partial charge in [-0.3, -0.25) is 0 Å². The number of unbranched alkanes of at least 4 members (excludes halogenated alkanes) is 9. The van der Waals surface area contributed by atoms with Crippen molar-refractivity contribution < 1.29 is 0 Å². The second-order valence-electron chi connectivity index (χ2n) is 7.32. The Balaban J connectivity index is 1.68. The van der Waals surface area contributed by atoms with E-state index in [0.29, 0.717) is 0 Å². The largest absolute Gasteiger partial charge is 0.126 e. The number of hydrogen-bond donors (Lipinski definition) is 0. The summed E-state index contributed by atoms with van der Waals surface area (Å²) in [6, 6.07) is 21.5. The van der Waals surface area contributed by atoms with Crippen molar-refractivity contribution in [3.8, 4) is 0 Å². The van der Waals surface area contributed by atoms with Gasteiger partial charge < -0.3 is 0 Å². The van der Waals surface area contributed by atoms with Gasteiger partial charge in [-0.1, -0.05) is 125 Å². The van der Waals surface area contributed by atoms with Crippen LogP contribution in [0.2, 0.25) is 0 Å². The van der Waals surface area contributed by atoms with E-state index in [1.54, 1.807) is 0 Å². The molecule has 27 heavy (non-hydrogen) atoms. The molecule has 1 heteroatoms. The molecule has 0 saturated heterocycles. The van der Waals surface area contributed by atoms with Crippen molar-refractivity contribution >= 4 is 22.7 Å². The first-order valence-corrected chi connectivity index (χ1v) is 11.8. The lowest BCUT2D eigenvalue weighted by molar-refractivity contribution is 0.563. The average Bonchev–Trinajstić information content (AvgIpc) is 2.72. The highest BCUT2D eigenvalue weighted by Crippen LogP contribution is 2.30. The van der Waals surface area contributed by atoms with E-state index in [1.165, 1.54) is 86.0 Å². The predicted octanol–water partition coefficient (Wildman–Crippen LogP) is 8.84. The number of benzene rings is 2. The van der Waals surface area contributed by atoms with Gasteiger partial charge in [0.1, 0.15) is 0 Å². The van der Waals surface area contributed by atoms with Crippen molar-refractivity contribution in [2.75, 3.05) is 5.75 Å². The van der Waals surface area contributed by atoms with E-state index in [9.17, 15) is 0 Å². The van der Waals surface area contributed by atoms with Gasteiger partial charge in [-0.15, -0.1) is 11.8 Å². The fourth-order valence-electron chi connectivity index (χ4n) is 3.28. The lowest BCUT2D eigenvalue weighted by atomic mass is 10.1. The molecule has 0 fully saturated rings. The monoisotopic (exact) mass is 380 g/mol. The van der Waals surface area contributed by atoms with Gasteiger partial charge in [0.15, 0.2) is 0 Å². The summed E-state index contributed by atoms with van der Waals surface area (Å²) in [5, 5.41) is 0. The Morgan fingerprint density at radius 2 is 1.19 bits per heavy atom. The number of thioether (sulfide) groups is 1. The highest BCUT2D eigenvalue weighted by Gasteiger charge is 2.03. The van der Waals surface area contributed by atoms with Crippen molar-refractivity contribution in [1.82, 2.24) is 0 Å². The topological polar surface area (TPSA) is 0 Å². The zero-order valence-electron chi connectivity index (χ0n) is 17.0. The van der Waals surface area contributed by atoms with Gasteiger partial charge in [-0.2, -0.15) is 0 Å². The lowest BCUT2D eigenvalue weighted by Crippen LogP contribution is -1.86. The molecule has 0 aliphatic heterocycles. The summed E-state index contributed by atoms with van der Waals surface area (Å²) < 4.78 is 0. The Kier molecular flexibility index (Phi) is 11.8. The van der Waals surface area contributed by atoms with Crippen LogP contribution in [0.25, 0.3) is 11.0 Å². The van der Waals surface area contributed by atoms with E-state index in [4.69, 9.17) is 0 Å². The summed E-state index contributed by atoms with van der Waals surface area (Å²) in [5.41, 5.74) is 2.62. The maximum atomic E-state index is 2.33. The normalized spacial score (nSPS) is 11.7. The van der Waals surface area contributed by atoms with Crippen LogP contribution in [0.4, 0.5) is 0 Å². The van der Waals surface area contributed by atoms with Gasteiger partial charge >= 0.3 is 0 Å². The molecule has 2 aromatic carbocycles. The van der Waals surface area contributed by atoms with Crippen LogP contribution in [0.15, 0.2) is 60.7 Å². The Labute approximate surface area is 171 Å². The maximum absolute atomic E-state index is 2.33. The Morgan fingerprint density at radius 1 is 0.667 bits per heavy atom. The van der Waals surface area contributed by atoms with Gasteiger partial charge in [0.2, 0.25) is 0 Å². The van der Waals surface area contributed by atoms with Crippen molar-refractivity contribution in [2.24, 2.45) is 0 Å². The predicted molar refractivity (Wildman–Crippen MR) is 125 cm³/mol. The molecular weight excluding hydrogens is 344 g/mol. The Morgan fingerprint density at radius 3 is 1.78 bits per heavy atom. The molecule has 0 nitrogen and oxygen atoms in total. The first kappa shape index (κ1) is 21.8. The highest BCUT2D eigenvalue weighted by atomic mass is 32.2. The van der Waals surface area contributed by atoms with Crippen LogP contribution in [0.5, 0.6) is 0 Å². The molecule has 0 amide bonds. The number of rotatable bonds is 14. The quantitative estimate of drug-likeness (QED) is 0.233. The van der Waals surface area contributed by atoms with Crippen LogP contribution in [-0.2, 0) is 0 Å². The van der Waals surface area contributed by atoms with E-state index < -0.39 is 0 Å². The van der Waals surface area contributed by atoms with Crippen molar-refractivity contribution in [1.29, 1.82) is 0 Å². The zero-order valence-corrected chi connectivity index (χ0v) is 17.9. The SMILES string of the molecule is CCCCCCCCCCCCSC(=Cc1ccccc1)c1ccccc1. The van der Waals surface area contributed by atoms with Crippen LogP contribution in [0, 0.1) is 0 Å². The average molecular weight is 381 g/mol. The second kappa shape index (κ2) is 14.6. The van der Waals surface area contributed by atoms with Crippen molar-refractivity contribution in [3.63, 3.8) is 0 Å². The molecule has 0 atom stereocenters. The molecule has 0 spiro atoms. The summed E-state index contributed by atoms with van der Waals surface area (Å²) in [7, 11) is 0. The first-order valence-electron chi connectivity index (χ1n) is 10.8. The van der Waals surface area contributed by atoms with E-state index in [0.717, 1.165) is 0 Å². The minimum Gasteiger partial charge on any atom is -0.126 e. The third-order valence-corrected chi connectivity index (χ3v) is 6.07. The maximum Gasteiger partial charge on any atom is 0.0150 e. The second-order valence-corrected chi connectivity index (χ2v) is 8.45. The molecule has 0 bridgehead atoms. The van der Waals surface area contributed by atoms with Gasteiger partial charge in [0, 0.05) is 4.91 Å². The lowest BCUT2D eigenvalue weighted by Gasteiger charge is -2.08. The Bertz CT molecular complexity index is 615. The molecule has 0 aliphatic rings. The highest BCUT2D eigenvalue weighted by molar-refractivity contribution is 8.08. The van der Waals surface area contributed by atoms with Crippen LogP contribution >= 0.6 is 11.8 Å². The standard InChI is InChI=1S/C26H36S/c1-2-3-4-5-6-7-8-9-10-17-22-27-26(25-20-15-12-16-21-25)23-24-18-13-11-14-19-24/h11-16,18-21,23H,2-10,17,22H2,1H3. The van der Waals surface area contributed by atoms with E-state index in [-0.39, 0.29) is 0 Å². The molecular formula is C26H36S. The molecule has 0 radical (unpaired) electrons. The van der Waals surface area contributed by atoms with E-state index in [2.05, 4.69) is 73.7 Å². The third-order valence-electron chi connectivity index (χ3n) is 4.91. The van der Waals surface area contributed by atoms with Crippen molar-refractivity contribution in [2.45, 2.75) is 71.1 Å². The molecule has 2 aromatic rings. The number of hydrogen-bond acceptors (Lipinski definition) is 1. The molecule has 0 aromatic heterocycles. The summed E-state index contributed by atoms with van der Waals surface area (Å²) in [6.07, 6.45) is 16.3. The summed E-state index contributed by atoms with van der Waals surface area (Å²) in [6.45, 7) is 2.29. The fraction of sp³-hybridized carbons (Fsp3) is 0.462. The van der Waals surface area contributed by atoms with Gasteiger partial charge in [-0.05, 0) is 29.4 Å². The molecule has 0 unspecified atom stereocenters. The van der Waals surface area contributed by atoms with Crippen LogP contribution < -0.4 is 0 Å². The molecule has 2 rings (SSSR count). The zero-order chi connectivity index (χ0) is 19.0. The Hall–Kier alpha value is -1.47. The van der Waals surface area contributed by atoms with Crippen LogP contribution in [0.3, 0.4) is 0 Å². The fourth-order valence-corrected chi connectivity index (χ4v) is 4.37.